The summed E-state index contributed by atoms with van der Waals surface area (Å²) in [4.78, 5) is 36.3. The zero-order valence-electron chi connectivity index (χ0n) is 28.1. The summed E-state index contributed by atoms with van der Waals surface area (Å²) in [7, 11) is 0. The third-order valence-electron chi connectivity index (χ3n) is 8.62. The van der Waals surface area contributed by atoms with Gasteiger partial charge in [-0.15, -0.1) is 0 Å². The number of allylic oxidation sites excluding steroid dienone is 20. The molecule has 2 atom stereocenters. The number of rotatable bonds is 10. The summed E-state index contributed by atoms with van der Waals surface area (Å²) in [5, 5.41) is 0. The average Bonchev–Trinajstić information content (AvgIpc) is 2.91. The van der Waals surface area contributed by atoms with Gasteiger partial charge in [-0.05, 0) is 68.9 Å². The van der Waals surface area contributed by atoms with Crippen LogP contribution in [0.2, 0.25) is 0 Å². The molecule has 0 radical (unpaired) electrons. The van der Waals surface area contributed by atoms with Crippen LogP contribution in [-0.4, -0.2) is 17.3 Å². The van der Waals surface area contributed by atoms with Crippen molar-refractivity contribution in [1.29, 1.82) is 0 Å². The molecule has 0 aromatic heterocycles. The highest BCUT2D eigenvalue weighted by Crippen LogP contribution is 2.42. The fourth-order valence-electron chi connectivity index (χ4n) is 5.71. The predicted molar refractivity (Wildman–Crippen MR) is 183 cm³/mol. The molecule has 43 heavy (non-hydrogen) atoms. The third kappa shape index (κ3) is 10.9. The molecule has 0 aliphatic heterocycles. The van der Waals surface area contributed by atoms with Crippen molar-refractivity contribution in [2.75, 3.05) is 0 Å². The highest BCUT2D eigenvalue weighted by Gasteiger charge is 2.44. The normalized spacial score (nSPS) is 24.7. The van der Waals surface area contributed by atoms with E-state index >= 15 is 0 Å². The topological polar surface area (TPSA) is 51.2 Å². The van der Waals surface area contributed by atoms with Crippen LogP contribution in [0.3, 0.4) is 0 Å². The molecule has 3 heteroatoms. The van der Waals surface area contributed by atoms with Crippen LogP contribution in [0.5, 0.6) is 0 Å². The zero-order valence-corrected chi connectivity index (χ0v) is 28.1. The number of carbonyl (C=O) groups is 3. The first-order valence-corrected chi connectivity index (χ1v) is 15.4. The van der Waals surface area contributed by atoms with Gasteiger partial charge in [0.2, 0.25) is 5.78 Å². The summed E-state index contributed by atoms with van der Waals surface area (Å²) < 4.78 is 0. The van der Waals surface area contributed by atoms with Crippen molar-refractivity contribution in [1.82, 2.24) is 0 Å². The van der Waals surface area contributed by atoms with Crippen molar-refractivity contribution in [3.8, 4) is 0 Å². The quantitative estimate of drug-likeness (QED) is 0.191. The first-order chi connectivity index (χ1) is 20.0. The van der Waals surface area contributed by atoms with Crippen molar-refractivity contribution < 1.29 is 14.4 Å². The van der Waals surface area contributed by atoms with Gasteiger partial charge in [-0.1, -0.05) is 142 Å². The lowest BCUT2D eigenvalue weighted by atomic mass is 9.63. The number of carbonyl (C=O) groups excluding carboxylic acids is 3. The molecule has 2 unspecified atom stereocenters. The van der Waals surface area contributed by atoms with E-state index in [1.54, 1.807) is 0 Å². The van der Waals surface area contributed by atoms with Crippen LogP contribution in [-0.2, 0) is 14.4 Å². The van der Waals surface area contributed by atoms with Gasteiger partial charge in [-0.25, -0.2) is 0 Å². The van der Waals surface area contributed by atoms with Gasteiger partial charge < -0.3 is 0 Å². The maximum absolute atomic E-state index is 12.2. The lowest BCUT2D eigenvalue weighted by molar-refractivity contribution is -0.145. The van der Waals surface area contributed by atoms with Crippen molar-refractivity contribution in [3.05, 3.63) is 119 Å². The standard InChI is InChI=1S/C40H52O3/c1-28(17-13-19-30(3)21-23-34-32(5)36(41)25-26-39(34,7)8)15-11-12-16-29(2)18-14-20-31(4)22-24-35-33(6)38(43)37(42)27-40(35,9)10/h11-24,33,35H,25-27H2,1-10H3/b12-11+,17-13+,18-14+,23-21?,24-22?,28-15+,29-16+,30-19?,31-20+. The summed E-state index contributed by atoms with van der Waals surface area (Å²) in [6.45, 7) is 20.6. The monoisotopic (exact) mass is 580 g/mol. The van der Waals surface area contributed by atoms with Gasteiger partial charge in [-0.3, -0.25) is 14.4 Å². The van der Waals surface area contributed by atoms with Crippen LogP contribution in [0.15, 0.2) is 119 Å². The van der Waals surface area contributed by atoms with Gasteiger partial charge in [0.1, 0.15) is 0 Å². The molecular formula is C40H52O3. The minimum atomic E-state index is -0.279. The van der Waals surface area contributed by atoms with E-state index in [0.29, 0.717) is 12.8 Å². The number of hydrogen-bond donors (Lipinski definition) is 0. The van der Waals surface area contributed by atoms with E-state index in [4.69, 9.17) is 0 Å². The Morgan fingerprint density at radius 1 is 0.698 bits per heavy atom. The van der Waals surface area contributed by atoms with Crippen LogP contribution in [0, 0.1) is 22.7 Å². The zero-order chi connectivity index (χ0) is 32.4. The van der Waals surface area contributed by atoms with Crippen molar-refractivity contribution in [2.45, 2.75) is 88.5 Å². The van der Waals surface area contributed by atoms with Gasteiger partial charge in [0, 0.05) is 18.8 Å². The Morgan fingerprint density at radius 3 is 1.74 bits per heavy atom. The molecule has 2 aliphatic rings. The van der Waals surface area contributed by atoms with Crippen molar-refractivity contribution >= 4 is 17.3 Å². The van der Waals surface area contributed by atoms with E-state index in [0.717, 1.165) is 39.9 Å². The first-order valence-electron chi connectivity index (χ1n) is 15.4. The maximum atomic E-state index is 12.2. The minimum absolute atomic E-state index is 0.0324. The van der Waals surface area contributed by atoms with Gasteiger partial charge in [-0.2, -0.15) is 0 Å². The molecule has 3 nitrogen and oxygen atoms in total. The molecule has 2 rings (SSSR count). The van der Waals surface area contributed by atoms with Crippen molar-refractivity contribution in [2.24, 2.45) is 22.7 Å². The first kappa shape index (κ1) is 35.6. The number of ketones is 3. The van der Waals surface area contributed by atoms with Crippen LogP contribution in [0.1, 0.15) is 88.5 Å². The number of Topliss-reactive ketones (excluding diaryl/α,β-unsaturated/α-hetero) is 3. The maximum Gasteiger partial charge on any atom is 0.201 e. The molecule has 230 valence electrons. The van der Waals surface area contributed by atoms with Gasteiger partial charge >= 0.3 is 0 Å². The van der Waals surface area contributed by atoms with Crippen LogP contribution in [0.4, 0.5) is 0 Å². The minimum Gasteiger partial charge on any atom is -0.295 e. The third-order valence-corrected chi connectivity index (χ3v) is 8.62. The average molecular weight is 581 g/mol. The van der Waals surface area contributed by atoms with E-state index in [-0.39, 0.29) is 40.0 Å². The van der Waals surface area contributed by atoms with Crippen LogP contribution >= 0.6 is 0 Å². The molecule has 0 aromatic carbocycles. The molecule has 1 fully saturated rings. The molecule has 0 bridgehead atoms. The van der Waals surface area contributed by atoms with Gasteiger partial charge in [0.05, 0.1) is 0 Å². The largest absolute Gasteiger partial charge is 0.295 e. The Kier molecular flexibility index (Phi) is 13.0. The Balaban J connectivity index is 1.92. The Hall–Kier alpha value is -3.59. The van der Waals surface area contributed by atoms with E-state index in [2.05, 4.69) is 115 Å². The molecule has 0 heterocycles. The van der Waals surface area contributed by atoms with E-state index in [1.807, 2.05) is 39.0 Å². The lowest BCUT2D eigenvalue weighted by Crippen LogP contribution is -2.43. The molecule has 0 amide bonds. The second-order valence-electron chi connectivity index (χ2n) is 13.6. The Morgan fingerprint density at radius 2 is 1.19 bits per heavy atom. The molecule has 2 aliphatic carbocycles. The summed E-state index contributed by atoms with van der Waals surface area (Å²) in [6.07, 6.45) is 30.8. The molecular weight excluding hydrogens is 528 g/mol. The van der Waals surface area contributed by atoms with Gasteiger partial charge in [0.15, 0.2) is 11.6 Å². The van der Waals surface area contributed by atoms with E-state index in [1.165, 1.54) is 0 Å². The highest BCUT2D eigenvalue weighted by atomic mass is 16.2. The molecule has 0 saturated heterocycles. The van der Waals surface area contributed by atoms with Gasteiger partial charge in [0.25, 0.3) is 0 Å². The van der Waals surface area contributed by atoms with Crippen molar-refractivity contribution in [3.63, 3.8) is 0 Å². The number of hydrogen-bond acceptors (Lipinski definition) is 3. The van der Waals surface area contributed by atoms with Crippen LogP contribution < -0.4 is 0 Å². The van der Waals surface area contributed by atoms with E-state index in [9.17, 15) is 14.4 Å². The fourth-order valence-corrected chi connectivity index (χ4v) is 5.71. The SMILES string of the molecule is CC(C=CC1=C(C)C(=O)CCC1(C)C)=C/C=C/C(C)=C/C=C/C=C(C)/C=C/C=C(\C)C=CC1C(C)C(=O)C(=O)CC1(C)C. The molecule has 0 aromatic rings. The summed E-state index contributed by atoms with van der Waals surface area (Å²) in [5.41, 5.74) is 6.37. The lowest BCUT2D eigenvalue weighted by Gasteiger charge is -2.39. The molecule has 0 N–H and O–H groups in total. The Labute approximate surface area is 261 Å². The Bertz CT molecular complexity index is 1390. The second kappa shape index (κ2) is 15.8. The summed E-state index contributed by atoms with van der Waals surface area (Å²) in [5.74, 6) is -0.448. The smallest absolute Gasteiger partial charge is 0.201 e. The summed E-state index contributed by atoms with van der Waals surface area (Å²) in [6, 6.07) is 0. The highest BCUT2D eigenvalue weighted by molar-refractivity contribution is 6.38. The fraction of sp³-hybridized carbons (Fsp3) is 0.425. The molecule has 1 saturated carbocycles. The molecule has 0 spiro atoms. The van der Waals surface area contributed by atoms with E-state index < -0.39 is 0 Å². The van der Waals surface area contributed by atoms with Crippen LogP contribution in [0.25, 0.3) is 0 Å². The predicted octanol–water partition coefficient (Wildman–Crippen LogP) is 10.1. The summed E-state index contributed by atoms with van der Waals surface area (Å²) >= 11 is 0. The second-order valence-corrected chi connectivity index (χ2v) is 13.6.